The number of non-ortho nitro benzene ring substituents is 1. The first-order valence-electron chi connectivity index (χ1n) is 5.32. The highest BCUT2D eigenvalue weighted by Crippen LogP contribution is 2.26. The van der Waals surface area contributed by atoms with Crippen molar-refractivity contribution < 1.29 is 9.34 Å². The van der Waals surface area contributed by atoms with Gasteiger partial charge in [-0.3, -0.25) is 10.1 Å². The van der Waals surface area contributed by atoms with Gasteiger partial charge in [-0.15, -0.1) is 0 Å². The van der Waals surface area contributed by atoms with Crippen LogP contribution in [0.1, 0.15) is 0 Å². The highest BCUT2D eigenvalue weighted by molar-refractivity contribution is 5.78. The van der Waals surface area contributed by atoms with Crippen molar-refractivity contribution in [3.8, 4) is 11.6 Å². The molecule has 0 radical (unpaired) electrons. The van der Waals surface area contributed by atoms with Crippen molar-refractivity contribution in [2.75, 3.05) is 0 Å². The summed E-state index contributed by atoms with van der Waals surface area (Å²) in [4.78, 5) is 14.5. The van der Waals surface area contributed by atoms with E-state index in [9.17, 15) is 10.1 Å². The number of oxazole rings is 1. The minimum absolute atomic E-state index is 0.00855. The maximum atomic E-state index is 10.7. The number of rotatable bonds is 2. The lowest BCUT2D eigenvalue weighted by molar-refractivity contribution is -0.384. The van der Waals surface area contributed by atoms with E-state index < -0.39 is 4.92 Å². The predicted octanol–water partition coefficient (Wildman–Crippen LogP) is 2.74. The molecule has 3 aromatic rings. The van der Waals surface area contributed by atoms with Crippen LogP contribution in [0, 0.1) is 10.1 Å². The largest absolute Gasteiger partial charge is 0.435 e. The van der Waals surface area contributed by atoms with E-state index in [0.717, 1.165) is 5.69 Å². The fraction of sp³-hybridized carbons (Fsp3) is 0.0833. The first kappa shape index (κ1) is 10.5. The predicted molar refractivity (Wildman–Crippen MR) is 65.1 cm³/mol. The summed E-state index contributed by atoms with van der Waals surface area (Å²) >= 11 is 0. The van der Waals surface area contributed by atoms with Crippen molar-refractivity contribution in [2.45, 2.75) is 0 Å². The molecule has 18 heavy (non-hydrogen) atoms. The summed E-state index contributed by atoms with van der Waals surface area (Å²) in [7, 11) is 1.88. The van der Waals surface area contributed by atoms with Crippen LogP contribution in [0.5, 0.6) is 0 Å². The van der Waals surface area contributed by atoms with Crippen LogP contribution in [0.2, 0.25) is 0 Å². The van der Waals surface area contributed by atoms with Crippen LogP contribution in [0.3, 0.4) is 0 Å². The average molecular weight is 243 g/mol. The topological polar surface area (TPSA) is 74.1 Å². The van der Waals surface area contributed by atoms with Gasteiger partial charge in [0.15, 0.2) is 5.58 Å². The summed E-state index contributed by atoms with van der Waals surface area (Å²) in [5.74, 6) is 0.456. The van der Waals surface area contributed by atoms with Crippen molar-refractivity contribution in [2.24, 2.45) is 7.05 Å². The number of fused-ring (bicyclic) bond motifs is 1. The van der Waals surface area contributed by atoms with Crippen molar-refractivity contribution in [3.63, 3.8) is 0 Å². The van der Waals surface area contributed by atoms with Gasteiger partial charge in [0.25, 0.3) is 5.69 Å². The van der Waals surface area contributed by atoms with Gasteiger partial charge in [-0.25, -0.2) is 4.98 Å². The SMILES string of the molecule is Cn1cccc1-c1nc2cc([N+](=O)[O-])ccc2o1. The molecular weight excluding hydrogens is 234 g/mol. The quantitative estimate of drug-likeness (QED) is 0.512. The second kappa shape index (κ2) is 3.69. The second-order valence-electron chi connectivity index (χ2n) is 3.93. The molecule has 6 nitrogen and oxygen atoms in total. The summed E-state index contributed by atoms with van der Waals surface area (Å²) in [6.45, 7) is 0. The molecule has 0 amide bonds. The molecule has 0 saturated carbocycles. The van der Waals surface area contributed by atoms with Gasteiger partial charge in [0.2, 0.25) is 5.89 Å². The number of aryl methyl sites for hydroxylation is 1. The molecule has 2 aromatic heterocycles. The van der Waals surface area contributed by atoms with Crippen LogP contribution in [0.25, 0.3) is 22.7 Å². The van der Waals surface area contributed by atoms with E-state index in [1.807, 2.05) is 29.9 Å². The lowest BCUT2D eigenvalue weighted by atomic mass is 10.3. The van der Waals surface area contributed by atoms with Crippen LogP contribution < -0.4 is 0 Å². The average Bonchev–Trinajstić information content (AvgIpc) is 2.92. The third-order valence-corrected chi connectivity index (χ3v) is 2.74. The molecular formula is C12H9N3O3. The zero-order valence-electron chi connectivity index (χ0n) is 9.53. The van der Waals surface area contributed by atoms with E-state index in [0.29, 0.717) is 17.0 Å². The van der Waals surface area contributed by atoms with Gasteiger partial charge < -0.3 is 8.98 Å². The number of nitro groups is 1. The third-order valence-electron chi connectivity index (χ3n) is 2.74. The van der Waals surface area contributed by atoms with Gasteiger partial charge in [-0.05, 0) is 18.2 Å². The first-order valence-corrected chi connectivity index (χ1v) is 5.32. The van der Waals surface area contributed by atoms with Gasteiger partial charge in [0.1, 0.15) is 11.2 Å². The minimum atomic E-state index is -0.448. The zero-order chi connectivity index (χ0) is 12.7. The Bertz CT molecular complexity index is 742. The summed E-state index contributed by atoms with van der Waals surface area (Å²) in [6.07, 6.45) is 1.88. The van der Waals surface area contributed by atoms with Crippen LogP contribution >= 0.6 is 0 Å². The van der Waals surface area contributed by atoms with E-state index in [2.05, 4.69) is 4.98 Å². The number of aromatic nitrogens is 2. The molecule has 0 aliphatic carbocycles. The Morgan fingerprint density at radius 3 is 2.89 bits per heavy atom. The number of hydrogen-bond acceptors (Lipinski definition) is 4. The number of hydrogen-bond donors (Lipinski definition) is 0. The third kappa shape index (κ3) is 1.55. The lowest BCUT2D eigenvalue weighted by Gasteiger charge is -1.95. The summed E-state index contributed by atoms with van der Waals surface area (Å²) in [5.41, 5.74) is 1.86. The van der Waals surface area contributed by atoms with Crippen LogP contribution in [-0.2, 0) is 7.05 Å². The Hall–Kier alpha value is -2.63. The van der Waals surface area contributed by atoms with Crippen molar-refractivity contribution in [1.29, 1.82) is 0 Å². The first-order chi connectivity index (χ1) is 8.65. The van der Waals surface area contributed by atoms with Crippen LogP contribution in [-0.4, -0.2) is 14.5 Å². The van der Waals surface area contributed by atoms with E-state index >= 15 is 0 Å². The van der Waals surface area contributed by atoms with Crippen LogP contribution in [0.15, 0.2) is 40.9 Å². The Morgan fingerprint density at radius 1 is 1.39 bits per heavy atom. The standard InChI is InChI=1S/C12H9N3O3/c1-14-6-2-3-10(14)12-13-9-7-8(15(16)17)4-5-11(9)18-12/h2-7H,1H3. The molecule has 0 spiro atoms. The fourth-order valence-corrected chi connectivity index (χ4v) is 1.82. The molecule has 0 saturated heterocycles. The van der Waals surface area contributed by atoms with Crippen molar-refractivity contribution >= 4 is 16.8 Å². The van der Waals surface area contributed by atoms with Gasteiger partial charge in [0.05, 0.1) is 4.92 Å². The molecule has 0 fully saturated rings. The Kier molecular flexibility index (Phi) is 2.16. The highest BCUT2D eigenvalue weighted by Gasteiger charge is 2.13. The zero-order valence-corrected chi connectivity index (χ0v) is 9.53. The molecule has 0 aliphatic rings. The number of benzene rings is 1. The summed E-state index contributed by atoms with van der Waals surface area (Å²) < 4.78 is 7.45. The lowest BCUT2D eigenvalue weighted by Crippen LogP contribution is -1.88. The van der Waals surface area contributed by atoms with E-state index in [4.69, 9.17) is 4.42 Å². The molecule has 2 heterocycles. The van der Waals surface area contributed by atoms with Crippen molar-refractivity contribution in [1.82, 2.24) is 9.55 Å². The number of nitrogens with zero attached hydrogens (tertiary/aromatic N) is 3. The van der Waals surface area contributed by atoms with Gasteiger partial charge in [-0.1, -0.05) is 0 Å². The Balaban J connectivity index is 2.17. The molecule has 1 aromatic carbocycles. The molecule has 0 unspecified atom stereocenters. The summed E-state index contributed by atoms with van der Waals surface area (Å²) in [6, 6.07) is 8.13. The van der Waals surface area contributed by atoms with E-state index in [-0.39, 0.29) is 5.69 Å². The smallest absolute Gasteiger partial charge is 0.271 e. The Labute approximate surface area is 102 Å². The molecule has 0 bridgehead atoms. The van der Waals surface area contributed by atoms with E-state index in [1.165, 1.54) is 12.1 Å². The Morgan fingerprint density at radius 2 is 2.22 bits per heavy atom. The minimum Gasteiger partial charge on any atom is -0.435 e. The molecule has 3 rings (SSSR count). The summed E-state index contributed by atoms with van der Waals surface area (Å²) in [5, 5.41) is 10.7. The van der Waals surface area contributed by atoms with E-state index in [1.54, 1.807) is 6.07 Å². The monoisotopic (exact) mass is 243 g/mol. The molecule has 0 aliphatic heterocycles. The normalized spacial score (nSPS) is 10.9. The van der Waals surface area contributed by atoms with Gasteiger partial charge in [0, 0.05) is 25.4 Å². The fourth-order valence-electron chi connectivity index (χ4n) is 1.82. The molecule has 90 valence electrons. The van der Waals surface area contributed by atoms with Gasteiger partial charge in [-0.2, -0.15) is 0 Å². The second-order valence-corrected chi connectivity index (χ2v) is 3.93. The van der Waals surface area contributed by atoms with Gasteiger partial charge >= 0.3 is 0 Å². The van der Waals surface area contributed by atoms with Crippen molar-refractivity contribution in [3.05, 3.63) is 46.6 Å². The maximum Gasteiger partial charge on any atom is 0.271 e. The molecule has 0 atom stereocenters. The number of nitro benzene ring substituents is 1. The maximum absolute atomic E-state index is 10.7. The molecule has 6 heteroatoms. The molecule has 0 N–H and O–H groups in total. The highest BCUT2D eigenvalue weighted by atomic mass is 16.6. The van der Waals surface area contributed by atoms with Crippen LogP contribution in [0.4, 0.5) is 5.69 Å².